The predicted octanol–water partition coefficient (Wildman–Crippen LogP) is 5.38. The van der Waals surface area contributed by atoms with Crippen molar-refractivity contribution in [1.29, 1.82) is 0 Å². The van der Waals surface area contributed by atoms with Gasteiger partial charge >= 0.3 is 5.97 Å². The van der Waals surface area contributed by atoms with Crippen molar-refractivity contribution in [1.82, 2.24) is 4.57 Å². The van der Waals surface area contributed by atoms with Crippen LogP contribution >= 0.6 is 38.9 Å². The summed E-state index contributed by atoms with van der Waals surface area (Å²) in [6, 6.07) is 13.7. The average molecular weight is 629 g/mol. The number of furan rings is 1. The highest BCUT2D eigenvalue weighted by atomic mass is 79.9. The highest BCUT2D eigenvalue weighted by molar-refractivity contribution is 9.10. The lowest BCUT2D eigenvalue weighted by molar-refractivity contribution is -0.384. The largest absolute Gasteiger partial charge is 0.463 e. The Morgan fingerprint density at radius 1 is 1.28 bits per heavy atom. The number of fused-ring (bicyclic) bond motifs is 1. The van der Waals surface area contributed by atoms with Crippen molar-refractivity contribution < 1.29 is 18.9 Å². The quantitative estimate of drug-likeness (QED) is 0.161. The maximum Gasteiger partial charge on any atom is 0.338 e. The van der Waals surface area contributed by atoms with Gasteiger partial charge in [0.1, 0.15) is 17.6 Å². The average Bonchev–Trinajstić information content (AvgIpc) is 3.48. The van der Waals surface area contributed by atoms with E-state index in [9.17, 15) is 19.7 Å². The second kappa shape index (κ2) is 10.8. The van der Waals surface area contributed by atoms with Gasteiger partial charge in [-0.3, -0.25) is 19.5 Å². The van der Waals surface area contributed by atoms with Crippen LogP contribution in [0, 0.1) is 10.1 Å². The van der Waals surface area contributed by atoms with Crippen LogP contribution in [0.4, 0.5) is 5.69 Å². The Balaban J connectivity index is 1.70. The van der Waals surface area contributed by atoms with Gasteiger partial charge in [0.15, 0.2) is 4.80 Å². The molecule has 1 atom stereocenters. The van der Waals surface area contributed by atoms with E-state index in [2.05, 4.69) is 20.9 Å². The molecule has 0 fully saturated rings. The fourth-order valence-corrected chi connectivity index (χ4v) is 5.94. The number of nitro groups is 1. The molecule has 12 heteroatoms. The van der Waals surface area contributed by atoms with Gasteiger partial charge in [-0.15, -0.1) is 0 Å². The van der Waals surface area contributed by atoms with Crippen LogP contribution in [-0.4, -0.2) is 22.1 Å². The van der Waals surface area contributed by atoms with Crippen molar-refractivity contribution in [2.45, 2.75) is 19.9 Å². The van der Waals surface area contributed by atoms with E-state index in [4.69, 9.17) is 20.8 Å². The zero-order valence-electron chi connectivity index (χ0n) is 20.5. The molecule has 2 aromatic carbocycles. The van der Waals surface area contributed by atoms with E-state index in [1.807, 2.05) is 24.3 Å². The van der Waals surface area contributed by atoms with E-state index in [0.717, 1.165) is 10.0 Å². The molecule has 4 aromatic rings. The van der Waals surface area contributed by atoms with Crippen molar-refractivity contribution in [2.24, 2.45) is 4.99 Å². The summed E-state index contributed by atoms with van der Waals surface area (Å²) >= 11 is 11.0. The number of aromatic nitrogens is 1. The molecule has 2 aromatic heterocycles. The number of carbonyl (C=O) groups excluding carboxylic acids is 1. The first kappa shape index (κ1) is 26.8. The van der Waals surface area contributed by atoms with Crippen molar-refractivity contribution >= 4 is 56.6 Å². The number of rotatable bonds is 6. The van der Waals surface area contributed by atoms with Crippen LogP contribution in [0.5, 0.6) is 0 Å². The number of thiazole rings is 1. The standard InChI is InChI=1S/C27H19BrClN3O6S/c1-3-37-26(34)23-14(2)30-27-31(25(33)22(39-27)12-15-5-4-6-16(28)11-15)24(23)21-10-9-20(38-21)18-13-17(32(35)36)7-8-19(18)29/h4-13,24H,3H2,1-2H3/b22-12-/t24-/m1/s1. The maximum absolute atomic E-state index is 13.7. The van der Waals surface area contributed by atoms with Gasteiger partial charge in [-0.25, -0.2) is 9.79 Å². The molecule has 1 aliphatic rings. The highest BCUT2D eigenvalue weighted by Crippen LogP contribution is 2.37. The van der Waals surface area contributed by atoms with Crippen LogP contribution in [0.15, 0.2) is 84.5 Å². The molecule has 0 aliphatic carbocycles. The van der Waals surface area contributed by atoms with Gasteiger partial charge in [0, 0.05) is 22.2 Å². The molecule has 0 spiro atoms. The van der Waals surface area contributed by atoms with Gasteiger partial charge in [-0.2, -0.15) is 0 Å². The zero-order valence-corrected chi connectivity index (χ0v) is 23.7. The molecule has 0 N–H and O–H groups in total. The Morgan fingerprint density at radius 2 is 2.08 bits per heavy atom. The Hall–Kier alpha value is -3.80. The van der Waals surface area contributed by atoms with Crippen LogP contribution < -0.4 is 14.9 Å². The molecule has 198 valence electrons. The number of non-ortho nitro benzene ring substituents is 1. The van der Waals surface area contributed by atoms with Gasteiger partial charge in [-0.05, 0) is 55.8 Å². The number of benzene rings is 2. The number of hydrogen-bond donors (Lipinski definition) is 0. The first-order valence-electron chi connectivity index (χ1n) is 11.7. The van der Waals surface area contributed by atoms with Crippen molar-refractivity contribution in [2.75, 3.05) is 6.61 Å². The molecule has 39 heavy (non-hydrogen) atoms. The molecule has 5 rings (SSSR count). The monoisotopic (exact) mass is 627 g/mol. The van der Waals surface area contributed by atoms with E-state index < -0.39 is 16.9 Å². The van der Waals surface area contributed by atoms with Gasteiger partial charge in [0.25, 0.3) is 11.2 Å². The lowest BCUT2D eigenvalue weighted by Gasteiger charge is -2.22. The maximum atomic E-state index is 13.7. The molecule has 0 saturated carbocycles. The summed E-state index contributed by atoms with van der Waals surface area (Å²) < 4.78 is 14.1. The Labute approximate surface area is 238 Å². The summed E-state index contributed by atoms with van der Waals surface area (Å²) in [5.74, 6) is -0.135. The lowest BCUT2D eigenvalue weighted by Crippen LogP contribution is -2.39. The third kappa shape index (κ3) is 5.12. The predicted molar refractivity (Wildman–Crippen MR) is 150 cm³/mol. The molecule has 3 heterocycles. The minimum Gasteiger partial charge on any atom is -0.463 e. The second-order valence-corrected chi connectivity index (χ2v) is 10.8. The fraction of sp³-hybridized carbons (Fsp3) is 0.148. The van der Waals surface area contributed by atoms with Crippen LogP contribution in [0.1, 0.15) is 31.2 Å². The molecule has 0 saturated heterocycles. The summed E-state index contributed by atoms with van der Waals surface area (Å²) in [5.41, 5.74) is 1.15. The number of allylic oxidation sites excluding steroid dienone is 1. The molecule has 1 aliphatic heterocycles. The number of esters is 1. The number of nitro benzene ring substituents is 1. The minimum absolute atomic E-state index is 0.127. The number of carbonyl (C=O) groups is 1. The van der Waals surface area contributed by atoms with Crippen LogP contribution in [0.25, 0.3) is 17.4 Å². The molecule has 0 radical (unpaired) electrons. The van der Waals surface area contributed by atoms with Gasteiger partial charge in [0.2, 0.25) is 0 Å². The van der Waals surface area contributed by atoms with E-state index in [-0.39, 0.29) is 40.0 Å². The Kier molecular flexibility index (Phi) is 7.39. The first-order chi connectivity index (χ1) is 18.7. The SMILES string of the molecule is CCOC(=O)C1=C(C)N=c2s/c(=C\c3cccc(Br)c3)c(=O)n2[C@@H]1c1ccc(-c2cc([N+](=O)[O-])ccc2Cl)o1. The minimum atomic E-state index is -0.976. The van der Waals surface area contributed by atoms with Crippen molar-refractivity contribution in [3.63, 3.8) is 0 Å². The molecule has 0 unspecified atom stereocenters. The molecule has 9 nitrogen and oxygen atoms in total. The summed E-state index contributed by atoms with van der Waals surface area (Å²) in [5, 5.41) is 11.6. The summed E-state index contributed by atoms with van der Waals surface area (Å²) in [6.45, 7) is 3.49. The molecule has 0 amide bonds. The summed E-state index contributed by atoms with van der Waals surface area (Å²) in [6.07, 6.45) is 1.76. The number of ether oxygens (including phenoxy) is 1. The van der Waals surface area contributed by atoms with Crippen LogP contribution in [0.2, 0.25) is 5.02 Å². The molecular formula is C27H19BrClN3O6S. The molecular weight excluding hydrogens is 610 g/mol. The second-order valence-electron chi connectivity index (χ2n) is 8.48. The normalized spacial score (nSPS) is 15.2. The van der Waals surface area contributed by atoms with Crippen molar-refractivity contribution in [3.8, 4) is 11.3 Å². The number of halogens is 2. The van der Waals surface area contributed by atoms with Crippen molar-refractivity contribution in [3.05, 3.63) is 116 Å². The highest BCUT2D eigenvalue weighted by Gasteiger charge is 2.35. The topological polar surface area (TPSA) is 117 Å². The smallest absolute Gasteiger partial charge is 0.338 e. The van der Waals surface area contributed by atoms with Gasteiger partial charge in [-0.1, -0.05) is 51.0 Å². The third-order valence-corrected chi connectivity index (χ3v) is 7.79. The van der Waals surface area contributed by atoms with E-state index >= 15 is 0 Å². The van der Waals surface area contributed by atoms with E-state index in [0.29, 0.717) is 20.6 Å². The summed E-state index contributed by atoms with van der Waals surface area (Å²) in [7, 11) is 0. The Morgan fingerprint density at radius 3 is 2.79 bits per heavy atom. The summed E-state index contributed by atoms with van der Waals surface area (Å²) in [4.78, 5) is 42.5. The van der Waals surface area contributed by atoms with Gasteiger partial charge < -0.3 is 9.15 Å². The van der Waals surface area contributed by atoms with Crippen LogP contribution in [-0.2, 0) is 9.53 Å². The Bertz CT molecular complexity index is 1860. The number of hydrogen-bond acceptors (Lipinski definition) is 8. The van der Waals surface area contributed by atoms with Gasteiger partial charge in [0.05, 0.1) is 32.4 Å². The molecule has 0 bridgehead atoms. The fourth-order valence-electron chi connectivity index (χ4n) is 4.27. The van der Waals surface area contributed by atoms with E-state index in [1.165, 1.54) is 34.1 Å². The number of nitrogens with zero attached hydrogens (tertiary/aromatic N) is 3. The first-order valence-corrected chi connectivity index (χ1v) is 13.7. The lowest BCUT2D eigenvalue weighted by atomic mass is 10.0. The van der Waals surface area contributed by atoms with Crippen LogP contribution in [0.3, 0.4) is 0 Å². The zero-order chi connectivity index (χ0) is 27.8. The van der Waals surface area contributed by atoms with E-state index in [1.54, 1.807) is 32.1 Å². The third-order valence-electron chi connectivity index (χ3n) is 5.99.